The first-order valence-electron chi connectivity index (χ1n) is 10.7. The number of hydrogen-bond donors (Lipinski definition) is 0. The van der Waals surface area contributed by atoms with E-state index < -0.39 is 21.1 Å². The lowest BCUT2D eigenvalue weighted by Gasteiger charge is -2.39. The molecule has 0 saturated carbocycles. The van der Waals surface area contributed by atoms with Gasteiger partial charge in [-0.1, -0.05) is 45.9 Å². The van der Waals surface area contributed by atoms with Gasteiger partial charge in [-0.15, -0.1) is 0 Å². The van der Waals surface area contributed by atoms with Gasteiger partial charge >= 0.3 is 12.2 Å². The van der Waals surface area contributed by atoms with Crippen molar-refractivity contribution in [3.05, 3.63) is 47.8 Å². The van der Waals surface area contributed by atoms with Gasteiger partial charge in [-0.05, 0) is 42.2 Å². The van der Waals surface area contributed by atoms with Gasteiger partial charge < -0.3 is 13.9 Å². The minimum atomic E-state index is -4.45. The second kappa shape index (κ2) is 10.7. The number of ether oxygens (including phenoxy) is 2. The average molecular weight is 471 g/mol. The third kappa shape index (κ3) is 8.09. The number of hydrogen-bond acceptors (Lipinski definition) is 5. The van der Waals surface area contributed by atoms with Crippen molar-refractivity contribution in [1.29, 1.82) is 0 Å². The molecule has 0 spiro atoms. The maximum Gasteiger partial charge on any atom is 0.422 e. The van der Waals surface area contributed by atoms with Gasteiger partial charge in [0, 0.05) is 18.7 Å². The minimum Gasteiger partial charge on any atom is -0.487 e. The van der Waals surface area contributed by atoms with Gasteiger partial charge in [0.25, 0.3) is 0 Å². The molecule has 32 heavy (non-hydrogen) atoms. The molecular weight excluding hydrogens is 437 g/mol. The fourth-order valence-electron chi connectivity index (χ4n) is 2.75. The first-order chi connectivity index (χ1) is 14.8. The SMILES string of the molecule is CC[C@H](Cc1ccccc1OCc1ccnc(OCC(F)(F)F)n1)O[Si](C)(C)C(C)(C)C. The van der Waals surface area contributed by atoms with Crippen LogP contribution in [0.15, 0.2) is 36.5 Å². The van der Waals surface area contributed by atoms with Crippen LogP contribution in [0, 0.1) is 0 Å². The third-order valence-corrected chi connectivity index (χ3v) is 10.1. The highest BCUT2D eigenvalue weighted by molar-refractivity contribution is 6.74. The van der Waals surface area contributed by atoms with E-state index in [0.717, 1.165) is 12.0 Å². The van der Waals surface area contributed by atoms with Crippen molar-refractivity contribution in [3.8, 4) is 11.8 Å². The molecule has 5 nitrogen and oxygen atoms in total. The van der Waals surface area contributed by atoms with Gasteiger partial charge in [0.15, 0.2) is 14.9 Å². The number of aromatic nitrogens is 2. The van der Waals surface area contributed by atoms with E-state index in [2.05, 4.69) is 55.5 Å². The Morgan fingerprint density at radius 2 is 1.72 bits per heavy atom. The molecule has 2 aromatic rings. The van der Waals surface area contributed by atoms with E-state index >= 15 is 0 Å². The monoisotopic (exact) mass is 470 g/mol. The van der Waals surface area contributed by atoms with Gasteiger partial charge in [-0.2, -0.15) is 18.2 Å². The van der Waals surface area contributed by atoms with E-state index in [1.807, 2.05) is 24.3 Å². The Kier molecular flexibility index (Phi) is 8.70. The molecule has 0 aliphatic heterocycles. The van der Waals surface area contributed by atoms with E-state index in [4.69, 9.17) is 9.16 Å². The van der Waals surface area contributed by atoms with Crippen molar-refractivity contribution in [1.82, 2.24) is 9.97 Å². The van der Waals surface area contributed by atoms with Crippen molar-refractivity contribution in [2.75, 3.05) is 6.61 Å². The quantitative estimate of drug-likeness (QED) is 0.379. The summed E-state index contributed by atoms with van der Waals surface area (Å²) in [4.78, 5) is 7.71. The summed E-state index contributed by atoms with van der Waals surface area (Å²) in [5.74, 6) is 0.696. The van der Waals surface area contributed by atoms with E-state index in [-0.39, 0.29) is 23.8 Å². The van der Waals surface area contributed by atoms with Crippen LogP contribution >= 0.6 is 0 Å². The van der Waals surface area contributed by atoms with Crippen LogP contribution in [0.25, 0.3) is 0 Å². The third-order valence-electron chi connectivity index (χ3n) is 5.57. The Balaban J connectivity index is 2.06. The van der Waals surface area contributed by atoms with E-state index in [1.54, 1.807) is 6.07 Å². The summed E-state index contributed by atoms with van der Waals surface area (Å²) in [5, 5.41) is 0.120. The molecule has 0 aliphatic carbocycles. The fourth-order valence-corrected chi connectivity index (χ4v) is 4.18. The number of halogens is 3. The lowest BCUT2D eigenvalue weighted by Crippen LogP contribution is -2.44. The first-order valence-corrected chi connectivity index (χ1v) is 13.6. The molecule has 0 radical (unpaired) electrons. The molecule has 0 amide bonds. The largest absolute Gasteiger partial charge is 0.487 e. The predicted molar refractivity (Wildman–Crippen MR) is 120 cm³/mol. The van der Waals surface area contributed by atoms with Gasteiger partial charge in [-0.25, -0.2) is 4.98 Å². The lowest BCUT2D eigenvalue weighted by atomic mass is 10.1. The molecular formula is C23H33F3N2O3Si. The smallest absolute Gasteiger partial charge is 0.422 e. The van der Waals surface area contributed by atoms with Crippen LogP contribution in [0.3, 0.4) is 0 Å². The Morgan fingerprint density at radius 1 is 1.03 bits per heavy atom. The molecule has 9 heteroatoms. The molecule has 2 rings (SSSR count). The number of rotatable bonds is 10. The topological polar surface area (TPSA) is 53.5 Å². The van der Waals surface area contributed by atoms with Crippen LogP contribution in [0.4, 0.5) is 13.2 Å². The summed E-state index contributed by atoms with van der Waals surface area (Å²) < 4.78 is 54.2. The Labute approximate surface area is 189 Å². The van der Waals surface area contributed by atoms with Gasteiger partial charge in [0.05, 0.1) is 5.69 Å². The van der Waals surface area contributed by atoms with Gasteiger partial charge in [0.1, 0.15) is 12.4 Å². The van der Waals surface area contributed by atoms with E-state index in [9.17, 15) is 13.2 Å². The van der Waals surface area contributed by atoms with Crippen molar-refractivity contribution >= 4 is 8.32 Å². The highest BCUT2D eigenvalue weighted by Crippen LogP contribution is 2.38. The van der Waals surface area contributed by atoms with E-state index in [1.165, 1.54) is 6.20 Å². The zero-order valence-electron chi connectivity index (χ0n) is 19.6. The molecule has 0 fully saturated rings. The van der Waals surface area contributed by atoms with Crippen LogP contribution < -0.4 is 9.47 Å². The molecule has 178 valence electrons. The van der Waals surface area contributed by atoms with Crippen molar-refractivity contribution in [3.63, 3.8) is 0 Å². The highest BCUT2D eigenvalue weighted by Gasteiger charge is 2.39. The van der Waals surface area contributed by atoms with Crippen molar-refractivity contribution in [2.24, 2.45) is 0 Å². The van der Waals surface area contributed by atoms with E-state index in [0.29, 0.717) is 17.9 Å². The molecule has 1 atom stereocenters. The van der Waals surface area contributed by atoms with Crippen molar-refractivity contribution in [2.45, 2.75) is 77.6 Å². The minimum absolute atomic E-state index is 0.0714. The lowest BCUT2D eigenvalue weighted by molar-refractivity contribution is -0.154. The van der Waals surface area contributed by atoms with Gasteiger partial charge in [-0.3, -0.25) is 0 Å². The molecule has 0 N–H and O–H groups in total. The molecule has 0 aliphatic rings. The molecule has 1 aromatic carbocycles. The Bertz CT molecular complexity index is 870. The molecule has 0 unspecified atom stereocenters. The molecule has 1 aromatic heterocycles. The number of para-hydroxylation sites is 1. The first kappa shape index (κ1) is 26.1. The Morgan fingerprint density at radius 3 is 2.34 bits per heavy atom. The summed E-state index contributed by atoms with van der Waals surface area (Å²) in [6, 6.07) is 8.96. The second-order valence-corrected chi connectivity index (χ2v) is 14.0. The summed E-state index contributed by atoms with van der Waals surface area (Å²) in [7, 11) is -1.91. The van der Waals surface area contributed by atoms with Crippen LogP contribution in [0.5, 0.6) is 11.8 Å². The van der Waals surface area contributed by atoms with Crippen LogP contribution in [0.1, 0.15) is 45.4 Å². The maximum absolute atomic E-state index is 12.3. The summed E-state index contributed by atoms with van der Waals surface area (Å²) in [6.45, 7) is 11.9. The zero-order chi connectivity index (χ0) is 24.0. The maximum atomic E-state index is 12.3. The van der Waals surface area contributed by atoms with Crippen LogP contribution in [-0.2, 0) is 17.5 Å². The molecule has 0 bridgehead atoms. The number of alkyl halides is 3. The summed E-state index contributed by atoms with van der Waals surface area (Å²) >= 11 is 0. The highest BCUT2D eigenvalue weighted by atomic mass is 28.4. The molecule has 0 saturated heterocycles. The van der Waals surface area contributed by atoms with Crippen LogP contribution in [0.2, 0.25) is 18.1 Å². The summed E-state index contributed by atoms with van der Waals surface area (Å²) in [6.07, 6.45) is -1.43. The number of nitrogens with zero attached hydrogens (tertiary/aromatic N) is 2. The zero-order valence-corrected chi connectivity index (χ0v) is 20.6. The summed E-state index contributed by atoms with van der Waals surface area (Å²) in [5.41, 5.74) is 1.44. The Hall–Kier alpha value is -2.13. The van der Waals surface area contributed by atoms with Crippen LogP contribution in [-0.4, -0.2) is 37.2 Å². The van der Waals surface area contributed by atoms with Crippen molar-refractivity contribution < 1.29 is 27.1 Å². The molecule has 1 heterocycles. The predicted octanol–water partition coefficient (Wildman–Crippen LogP) is 6.34. The second-order valence-electron chi connectivity index (χ2n) is 9.24. The van der Waals surface area contributed by atoms with Gasteiger partial charge in [0.2, 0.25) is 0 Å². The number of benzene rings is 1. The normalized spacial score (nSPS) is 13.7. The standard InChI is InChI=1S/C23H33F3N2O3Si/c1-7-19(31-32(5,6)22(2,3)4)14-17-10-8-9-11-20(17)29-15-18-12-13-27-21(28-18)30-16-23(24,25)26/h8-13,19H,7,14-16H2,1-6H3/t19-/m1/s1. The fraction of sp³-hybridized carbons (Fsp3) is 0.565. The average Bonchev–Trinajstić information content (AvgIpc) is 2.70.